The summed E-state index contributed by atoms with van der Waals surface area (Å²) in [6, 6.07) is 0. The van der Waals surface area contributed by atoms with Crippen LogP contribution in [0.3, 0.4) is 0 Å². The van der Waals surface area contributed by atoms with Gasteiger partial charge in [-0.05, 0) is 49.5 Å². The summed E-state index contributed by atoms with van der Waals surface area (Å²) >= 11 is 0. The molecule has 0 radical (unpaired) electrons. The number of hydrogen-bond donors (Lipinski definition) is 2. The molecule has 0 aliphatic heterocycles. The number of carbonyl (C=O) groups is 1. The summed E-state index contributed by atoms with van der Waals surface area (Å²) in [5.41, 5.74) is 14.3. The molecule has 120 valence electrons. The highest BCUT2D eigenvalue weighted by molar-refractivity contribution is 6.01. The van der Waals surface area contributed by atoms with Crippen LogP contribution in [0.5, 0.6) is 0 Å². The first-order chi connectivity index (χ1) is 10.4. The van der Waals surface area contributed by atoms with Gasteiger partial charge in [0.05, 0.1) is 12.8 Å². The molecule has 6 nitrogen and oxygen atoms in total. The number of carbonyl (C=O) groups excluding carboxylic acids is 1. The number of fused-ring (bicyclic) bond motifs is 1. The Morgan fingerprint density at radius 3 is 2.77 bits per heavy atom. The summed E-state index contributed by atoms with van der Waals surface area (Å²) in [5.74, 6) is 0.0219. The Labute approximate surface area is 131 Å². The molecule has 0 aromatic rings. The van der Waals surface area contributed by atoms with E-state index in [2.05, 4.69) is 28.8 Å². The fraction of sp³-hybridized carbons (Fsp3) is 0.562. The number of methoxy groups -OCH3 is 1. The van der Waals surface area contributed by atoms with E-state index in [9.17, 15) is 4.79 Å². The Kier molecular flexibility index (Phi) is 4.68. The van der Waals surface area contributed by atoms with Crippen LogP contribution >= 0.6 is 0 Å². The average Bonchev–Trinajstić information content (AvgIpc) is 2.81. The number of allylic oxidation sites excluding steroid dienone is 3. The van der Waals surface area contributed by atoms with Crippen LogP contribution in [0.4, 0.5) is 0 Å². The van der Waals surface area contributed by atoms with Gasteiger partial charge >= 0.3 is 5.97 Å². The molecule has 0 heterocycles. The minimum absolute atomic E-state index is 0.0241. The lowest BCUT2D eigenvalue weighted by atomic mass is 9.68. The lowest BCUT2D eigenvalue weighted by molar-refractivity contribution is -0.134. The van der Waals surface area contributed by atoms with Gasteiger partial charge < -0.3 is 16.2 Å². The molecule has 0 bridgehead atoms. The molecule has 0 saturated heterocycles. The molecule has 2 aliphatic carbocycles. The second-order valence-electron chi connectivity index (χ2n) is 6.12. The Bertz CT molecular complexity index is 585. The number of ether oxygens (including phenoxy) is 1. The standard InChI is InChI=1S/C16H24N4O2/c1-10-12-6-4-11(5-7-14(21)22-3)16(12,2)9-8-13(10)19-20-15(17)18/h5,7,11H,4,6,8-9H2,1-3H3,(H4,17,18,20)/b7-5+,19-13+/t11-,16-/m1/s1. The van der Waals surface area contributed by atoms with Crippen molar-refractivity contribution in [2.75, 3.05) is 7.11 Å². The number of hydrogen-bond acceptors (Lipinski definition) is 4. The van der Waals surface area contributed by atoms with Crippen molar-refractivity contribution in [2.45, 2.75) is 39.5 Å². The van der Waals surface area contributed by atoms with Gasteiger partial charge in [0, 0.05) is 6.08 Å². The molecule has 0 spiro atoms. The van der Waals surface area contributed by atoms with Crippen molar-refractivity contribution in [3.8, 4) is 0 Å². The number of nitrogens with two attached hydrogens (primary N) is 2. The van der Waals surface area contributed by atoms with Gasteiger partial charge in [0.1, 0.15) is 0 Å². The van der Waals surface area contributed by atoms with Crippen molar-refractivity contribution in [3.05, 3.63) is 23.3 Å². The first kappa shape index (κ1) is 16.3. The molecule has 0 aromatic carbocycles. The van der Waals surface area contributed by atoms with E-state index >= 15 is 0 Å². The maximum atomic E-state index is 11.3. The highest BCUT2D eigenvalue weighted by Gasteiger charge is 2.44. The Balaban J connectivity index is 2.28. The molecule has 2 rings (SSSR count). The van der Waals surface area contributed by atoms with Crippen molar-refractivity contribution < 1.29 is 9.53 Å². The van der Waals surface area contributed by atoms with Gasteiger partial charge in [-0.3, -0.25) is 0 Å². The third-order valence-corrected chi connectivity index (χ3v) is 4.93. The van der Waals surface area contributed by atoms with Crippen LogP contribution in [0.1, 0.15) is 39.5 Å². The summed E-state index contributed by atoms with van der Waals surface area (Å²) in [4.78, 5) is 11.3. The fourth-order valence-corrected chi connectivity index (χ4v) is 3.63. The van der Waals surface area contributed by atoms with Crippen LogP contribution in [0, 0.1) is 11.3 Å². The number of guanidine groups is 1. The normalized spacial score (nSPS) is 29.8. The quantitative estimate of drug-likeness (QED) is 0.273. The molecule has 0 aromatic heterocycles. The maximum absolute atomic E-state index is 11.3. The largest absolute Gasteiger partial charge is 0.466 e. The second-order valence-corrected chi connectivity index (χ2v) is 6.12. The molecule has 6 heteroatoms. The van der Waals surface area contributed by atoms with E-state index in [0.717, 1.165) is 31.4 Å². The summed E-state index contributed by atoms with van der Waals surface area (Å²) < 4.78 is 4.68. The number of rotatable bonds is 3. The highest BCUT2D eigenvalue weighted by Crippen LogP contribution is 2.54. The van der Waals surface area contributed by atoms with Crippen LogP contribution in [-0.2, 0) is 9.53 Å². The lowest BCUT2D eigenvalue weighted by Gasteiger charge is -2.36. The summed E-state index contributed by atoms with van der Waals surface area (Å²) in [5, 5.41) is 7.95. The summed E-state index contributed by atoms with van der Waals surface area (Å²) in [6.45, 7) is 4.35. The second kappa shape index (κ2) is 6.34. The van der Waals surface area contributed by atoms with Gasteiger partial charge in [-0.15, -0.1) is 5.10 Å². The first-order valence-corrected chi connectivity index (χ1v) is 7.50. The van der Waals surface area contributed by atoms with Crippen LogP contribution in [0.2, 0.25) is 0 Å². The van der Waals surface area contributed by atoms with E-state index in [-0.39, 0.29) is 17.3 Å². The van der Waals surface area contributed by atoms with Crippen molar-refractivity contribution in [2.24, 2.45) is 33.0 Å². The molecule has 1 fully saturated rings. The molecule has 22 heavy (non-hydrogen) atoms. The molecule has 4 N–H and O–H groups in total. The zero-order valence-electron chi connectivity index (χ0n) is 13.4. The van der Waals surface area contributed by atoms with Crippen molar-refractivity contribution in [1.82, 2.24) is 0 Å². The van der Waals surface area contributed by atoms with Crippen molar-refractivity contribution in [1.29, 1.82) is 0 Å². The zero-order valence-corrected chi connectivity index (χ0v) is 13.4. The first-order valence-electron chi connectivity index (χ1n) is 7.50. The van der Waals surface area contributed by atoms with Crippen molar-refractivity contribution in [3.63, 3.8) is 0 Å². The van der Waals surface area contributed by atoms with Crippen LogP contribution < -0.4 is 11.5 Å². The average molecular weight is 304 g/mol. The predicted octanol–water partition coefficient (Wildman–Crippen LogP) is 1.87. The van der Waals surface area contributed by atoms with Crippen LogP contribution in [-0.4, -0.2) is 24.8 Å². The Morgan fingerprint density at radius 2 is 2.14 bits per heavy atom. The third kappa shape index (κ3) is 3.05. The molecular formula is C16H24N4O2. The van der Waals surface area contributed by atoms with E-state index in [1.807, 2.05) is 6.08 Å². The molecule has 2 aliphatic rings. The van der Waals surface area contributed by atoms with Gasteiger partial charge in [-0.1, -0.05) is 18.6 Å². The monoisotopic (exact) mass is 304 g/mol. The lowest BCUT2D eigenvalue weighted by Crippen LogP contribution is -2.29. The van der Waals surface area contributed by atoms with E-state index in [0.29, 0.717) is 5.92 Å². The SMILES string of the molecule is COC(=O)/C=C/[C@H]1CCC2=C(C)/C(=N/N=C(N)N)CC[C@@]21C. The topological polar surface area (TPSA) is 103 Å². The van der Waals surface area contributed by atoms with Gasteiger partial charge in [-0.2, -0.15) is 5.10 Å². The fourth-order valence-electron chi connectivity index (χ4n) is 3.63. The summed E-state index contributed by atoms with van der Waals surface area (Å²) in [6.07, 6.45) is 7.40. The molecule has 0 amide bonds. The van der Waals surface area contributed by atoms with E-state index < -0.39 is 0 Å². The van der Waals surface area contributed by atoms with E-state index in [1.54, 1.807) is 0 Å². The Morgan fingerprint density at radius 1 is 1.41 bits per heavy atom. The minimum Gasteiger partial charge on any atom is -0.466 e. The smallest absolute Gasteiger partial charge is 0.330 e. The molecular weight excluding hydrogens is 280 g/mol. The Hall–Kier alpha value is -2.11. The minimum atomic E-state index is -0.302. The number of nitrogens with zero attached hydrogens (tertiary/aromatic N) is 2. The summed E-state index contributed by atoms with van der Waals surface area (Å²) in [7, 11) is 1.39. The molecule has 1 saturated carbocycles. The third-order valence-electron chi connectivity index (χ3n) is 4.93. The van der Waals surface area contributed by atoms with Crippen molar-refractivity contribution >= 4 is 17.6 Å². The highest BCUT2D eigenvalue weighted by atomic mass is 16.5. The zero-order chi connectivity index (χ0) is 16.3. The predicted molar refractivity (Wildman–Crippen MR) is 87.2 cm³/mol. The van der Waals surface area contributed by atoms with Gasteiger partial charge in [0.2, 0.25) is 5.96 Å². The van der Waals surface area contributed by atoms with E-state index in [1.165, 1.54) is 24.3 Å². The molecule has 0 unspecified atom stereocenters. The van der Waals surface area contributed by atoms with Gasteiger partial charge in [0.25, 0.3) is 0 Å². The molecule has 2 atom stereocenters. The van der Waals surface area contributed by atoms with Gasteiger partial charge in [-0.25, -0.2) is 4.79 Å². The van der Waals surface area contributed by atoms with Gasteiger partial charge in [0.15, 0.2) is 0 Å². The van der Waals surface area contributed by atoms with E-state index in [4.69, 9.17) is 11.5 Å². The van der Waals surface area contributed by atoms with Crippen LogP contribution in [0.25, 0.3) is 0 Å². The number of esters is 1. The van der Waals surface area contributed by atoms with Crippen LogP contribution in [0.15, 0.2) is 33.5 Å². The maximum Gasteiger partial charge on any atom is 0.330 e.